The normalized spacial score (nSPS) is 10.4. The Morgan fingerprint density at radius 1 is 0.652 bits per heavy atom. The summed E-state index contributed by atoms with van der Waals surface area (Å²) in [7, 11) is 0. The Bertz CT molecular complexity index is 742. The van der Waals surface area contributed by atoms with Gasteiger partial charge in [0.15, 0.2) is 0 Å². The maximum atomic E-state index is 11.8. The van der Waals surface area contributed by atoms with E-state index in [2.05, 4.69) is 0 Å². The largest absolute Gasteiger partial charge is 0.478 e. The minimum atomic E-state index is -0.900. The van der Waals surface area contributed by atoms with Gasteiger partial charge in [0.2, 0.25) is 0 Å². The summed E-state index contributed by atoms with van der Waals surface area (Å²) in [6.07, 6.45) is 0. The van der Waals surface area contributed by atoms with E-state index in [0.29, 0.717) is 5.56 Å². The standard InChI is InChI=1S/C19H14O2S2/c20-19(21)18-16(22-14-8-3-1-4-9-14)12-7-13-17(18)23-15-10-5-2-6-11-15/h1-13H,(H,20,21). The first kappa shape index (κ1) is 15.7. The molecule has 0 radical (unpaired) electrons. The van der Waals surface area contributed by atoms with Crippen molar-refractivity contribution in [2.75, 3.05) is 0 Å². The average molecular weight is 338 g/mol. The van der Waals surface area contributed by atoms with Gasteiger partial charge < -0.3 is 5.11 Å². The quantitative estimate of drug-likeness (QED) is 0.649. The fourth-order valence-electron chi connectivity index (χ4n) is 2.12. The second-order valence-corrected chi connectivity index (χ2v) is 7.00. The number of hydrogen-bond acceptors (Lipinski definition) is 3. The van der Waals surface area contributed by atoms with Crippen LogP contribution in [0.1, 0.15) is 10.4 Å². The summed E-state index contributed by atoms with van der Waals surface area (Å²) in [5.74, 6) is -0.900. The van der Waals surface area contributed by atoms with Crippen molar-refractivity contribution in [2.45, 2.75) is 19.6 Å². The van der Waals surface area contributed by atoms with Crippen LogP contribution in [0, 0.1) is 0 Å². The molecule has 0 aliphatic heterocycles. The fraction of sp³-hybridized carbons (Fsp3) is 0. The molecule has 1 N–H and O–H groups in total. The molecule has 3 aromatic carbocycles. The lowest BCUT2D eigenvalue weighted by molar-refractivity contribution is 0.0689. The molecule has 0 saturated carbocycles. The molecule has 0 bridgehead atoms. The third-order valence-electron chi connectivity index (χ3n) is 3.14. The monoisotopic (exact) mass is 338 g/mol. The van der Waals surface area contributed by atoms with Gasteiger partial charge in [-0.15, -0.1) is 0 Å². The highest BCUT2D eigenvalue weighted by Crippen LogP contribution is 2.37. The second kappa shape index (κ2) is 7.40. The van der Waals surface area contributed by atoms with Crippen LogP contribution in [0.25, 0.3) is 0 Å². The molecule has 0 aliphatic rings. The van der Waals surface area contributed by atoms with Gasteiger partial charge >= 0.3 is 5.97 Å². The molecule has 0 amide bonds. The number of hydrogen-bond donors (Lipinski definition) is 1. The van der Waals surface area contributed by atoms with E-state index in [-0.39, 0.29) is 0 Å². The predicted octanol–water partition coefficient (Wildman–Crippen LogP) is 5.69. The first-order valence-corrected chi connectivity index (χ1v) is 8.69. The third-order valence-corrected chi connectivity index (χ3v) is 5.28. The Morgan fingerprint density at radius 2 is 1.09 bits per heavy atom. The second-order valence-electron chi connectivity index (χ2n) is 4.76. The molecule has 114 valence electrons. The first-order chi connectivity index (χ1) is 11.2. The van der Waals surface area contributed by atoms with Gasteiger partial charge in [0.25, 0.3) is 0 Å². The minimum absolute atomic E-state index is 0.357. The molecule has 0 aromatic heterocycles. The summed E-state index contributed by atoms with van der Waals surface area (Å²) < 4.78 is 0. The van der Waals surface area contributed by atoms with E-state index in [1.165, 1.54) is 23.5 Å². The summed E-state index contributed by atoms with van der Waals surface area (Å²) in [5.41, 5.74) is 0.357. The maximum absolute atomic E-state index is 11.8. The molecule has 4 heteroatoms. The zero-order valence-electron chi connectivity index (χ0n) is 12.2. The van der Waals surface area contributed by atoms with Crippen molar-refractivity contribution in [3.63, 3.8) is 0 Å². The van der Waals surface area contributed by atoms with Crippen LogP contribution in [0.4, 0.5) is 0 Å². The SMILES string of the molecule is O=C(O)c1c(Sc2ccccc2)cccc1Sc1ccccc1. The summed E-state index contributed by atoms with van der Waals surface area (Å²) in [4.78, 5) is 15.4. The molecule has 0 heterocycles. The van der Waals surface area contributed by atoms with Crippen LogP contribution >= 0.6 is 23.5 Å². The Balaban J connectivity index is 1.97. The van der Waals surface area contributed by atoms with Crippen LogP contribution in [-0.4, -0.2) is 11.1 Å². The lowest BCUT2D eigenvalue weighted by atomic mass is 10.2. The summed E-state index contributed by atoms with van der Waals surface area (Å²) in [6.45, 7) is 0. The van der Waals surface area contributed by atoms with E-state index in [0.717, 1.165) is 19.6 Å². The molecule has 2 nitrogen and oxygen atoms in total. The van der Waals surface area contributed by atoms with Crippen molar-refractivity contribution in [3.05, 3.63) is 84.4 Å². The lowest BCUT2D eigenvalue weighted by Gasteiger charge is -2.11. The van der Waals surface area contributed by atoms with Gasteiger partial charge in [-0.1, -0.05) is 66.0 Å². The lowest BCUT2D eigenvalue weighted by Crippen LogP contribution is -2.01. The van der Waals surface area contributed by atoms with Gasteiger partial charge in [0.1, 0.15) is 0 Å². The zero-order valence-corrected chi connectivity index (χ0v) is 13.8. The van der Waals surface area contributed by atoms with E-state index in [1.807, 2.05) is 78.9 Å². The van der Waals surface area contributed by atoms with Crippen molar-refractivity contribution in [1.29, 1.82) is 0 Å². The number of carbonyl (C=O) groups is 1. The van der Waals surface area contributed by atoms with Crippen molar-refractivity contribution in [2.24, 2.45) is 0 Å². The molecular weight excluding hydrogens is 324 g/mol. The molecule has 23 heavy (non-hydrogen) atoms. The van der Waals surface area contributed by atoms with Gasteiger partial charge in [0, 0.05) is 19.6 Å². The molecule has 0 unspecified atom stereocenters. The molecule has 0 atom stereocenters. The van der Waals surface area contributed by atoms with E-state index >= 15 is 0 Å². The first-order valence-electron chi connectivity index (χ1n) is 7.06. The van der Waals surface area contributed by atoms with Gasteiger partial charge in [-0.25, -0.2) is 4.79 Å². The molecule has 3 aromatic rings. The predicted molar refractivity (Wildman–Crippen MR) is 94.5 cm³/mol. The van der Waals surface area contributed by atoms with Gasteiger partial charge in [-0.05, 0) is 36.4 Å². The highest BCUT2D eigenvalue weighted by atomic mass is 32.2. The van der Waals surface area contributed by atoms with Crippen LogP contribution in [0.3, 0.4) is 0 Å². The Hall–Kier alpha value is -2.17. The van der Waals surface area contributed by atoms with Gasteiger partial charge in [0.05, 0.1) is 5.56 Å². The van der Waals surface area contributed by atoms with E-state index in [9.17, 15) is 9.90 Å². The van der Waals surface area contributed by atoms with Crippen molar-refractivity contribution < 1.29 is 9.90 Å². The number of rotatable bonds is 5. The van der Waals surface area contributed by atoms with Crippen LogP contribution in [-0.2, 0) is 0 Å². The molecule has 0 spiro atoms. The van der Waals surface area contributed by atoms with Gasteiger partial charge in [-0.2, -0.15) is 0 Å². The Morgan fingerprint density at radius 3 is 1.48 bits per heavy atom. The average Bonchev–Trinajstić information content (AvgIpc) is 2.56. The maximum Gasteiger partial charge on any atom is 0.338 e. The van der Waals surface area contributed by atoms with Crippen LogP contribution in [0.2, 0.25) is 0 Å². The number of carboxylic acid groups (broad SMARTS) is 1. The highest BCUT2D eigenvalue weighted by Gasteiger charge is 2.17. The van der Waals surface area contributed by atoms with E-state index in [1.54, 1.807) is 0 Å². The van der Waals surface area contributed by atoms with E-state index < -0.39 is 5.97 Å². The topological polar surface area (TPSA) is 37.3 Å². The summed E-state index contributed by atoms with van der Waals surface area (Å²) >= 11 is 2.95. The van der Waals surface area contributed by atoms with E-state index in [4.69, 9.17) is 0 Å². The number of carboxylic acids is 1. The van der Waals surface area contributed by atoms with Crippen molar-refractivity contribution in [3.8, 4) is 0 Å². The number of benzene rings is 3. The fourth-order valence-corrected chi connectivity index (χ4v) is 4.17. The van der Waals surface area contributed by atoms with Crippen molar-refractivity contribution in [1.82, 2.24) is 0 Å². The van der Waals surface area contributed by atoms with Gasteiger partial charge in [-0.3, -0.25) is 0 Å². The van der Waals surface area contributed by atoms with Crippen LogP contribution < -0.4 is 0 Å². The Kier molecular flexibility index (Phi) is 5.05. The third kappa shape index (κ3) is 3.97. The van der Waals surface area contributed by atoms with Crippen LogP contribution in [0.15, 0.2) is 98.4 Å². The molecular formula is C19H14O2S2. The Labute approximate surface area is 143 Å². The molecule has 0 saturated heterocycles. The minimum Gasteiger partial charge on any atom is -0.478 e. The van der Waals surface area contributed by atoms with Crippen molar-refractivity contribution >= 4 is 29.5 Å². The zero-order chi connectivity index (χ0) is 16.1. The highest BCUT2D eigenvalue weighted by molar-refractivity contribution is 8.00. The summed E-state index contributed by atoms with van der Waals surface area (Å²) in [6, 6.07) is 25.2. The van der Waals surface area contributed by atoms with Crippen LogP contribution in [0.5, 0.6) is 0 Å². The summed E-state index contributed by atoms with van der Waals surface area (Å²) in [5, 5.41) is 9.68. The molecule has 0 fully saturated rings. The number of aromatic carboxylic acids is 1. The molecule has 3 rings (SSSR count). The smallest absolute Gasteiger partial charge is 0.338 e. The molecule has 0 aliphatic carbocycles.